The van der Waals surface area contributed by atoms with Crippen molar-refractivity contribution in [2.24, 2.45) is 22.9 Å². The van der Waals surface area contributed by atoms with Gasteiger partial charge in [-0.05, 0) is 100 Å². The summed E-state index contributed by atoms with van der Waals surface area (Å²) in [4.78, 5) is 227. The number of hydrogen-bond acceptors (Lipinski definition) is 24. The van der Waals surface area contributed by atoms with Crippen molar-refractivity contribution >= 4 is 137 Å². The van der Waals surface area contributed by atoms with Crippen LogP contribution in [0.2, 0.25) is 0 Å². The molecule has 13 atom stereocenters. The number of nitrogens with two attached hydrogens (primary N) is 4. The highest BCUT2D eigenvalue weighted by Crippen LogP contribution is 2.23. The van der Waals surface area contributed by atoms with Crippen LogP contribution in [0.5, 0.6) is 5.75 Å². The van der Waals surface area contributed by atoms with E-state index in [-0.39, 0.29) is 101 Å². The fraction of sp³-hybridized carbons (Fsp3) is 0.515. The zero-order valence-electron chi connectivity index (χ0n) is 61.4. The number of benzene rings is 2. The highest BCUT2D eigenvalue weighted by Gasteiger charge is 2.43. The monoisotopic (exact) mass is 1620 g/mol. The van der Waals surface area contributed by atoms with Crippen LogP contribution in [0.25, 0.3) is 10.9 Å². The van der Waals surface area contributed by atoms with Gasteiger partial charge in [-0.2, -0.15) is 25.3 Å². The average Bonchev–Trinajstić information content (AvgIpc) is 1.63. The molecule has 0 aliphatic carbocycles. The van der Waals surface area contributed by atoms with Crippen LogP contribution in [0.15, 0.2) is 60.9 Å². The van der Waals surface area contributed by atoms with Gasteiger partial charge in [0.2, 0.25) is 76.8 Å². The molecule has 0 radical (unpaired) electrons. The summed E-state index contributed by atoms with van der Waals surface area (Å²) in [5, 5.41) is 90.1. The third kappa shape index (κ3) is 28.4. The number of aromatic hydroxyl groups is 1. The summed E-state index contributed by atoms with van der Waals surface area (Å²) in [6.07, 6.45) is -3.91. The number of aromatic nitrogens is 4. The van der Waals surface area contributed by atoms with Crippen LogP contribution in [0, 0.1) is 5.41 Å². The predicted molar refractivity (Wildman–Crippen MR) is 405 cm³/mol. The Labute approximate surface area is 656 Å². The van der Waals surface area contributed by atoms with E-state index in [1.165, 1.54) is 36.7 Å². The Morgan fingerprint density at radius 3 is 1.89 bits per heavy atom. The molecular formula is C68H97N23O20S2. The Morgan fingerprint density at radius 1 is 0.681 bits per heavy atom. The maximum Gasteiger partial charge on any atom is 0.326 e. The topological polar surface area (TPSA) is 688 Å². The van der Waals surface area contributed by atoms with Gasteiger partial charge < -0.3 is 122 Å². The number of thiol groups is 2. The largest absolute Gasteiger partial charge is 0.508 e. The van der Waals surface area contributed by atoms with Crippen LogP contribution in [0.1, 0.15) is 94.4 Å². The number of phenolic OH excluding ortho intramolecular Hbond substituents is 1. The van der Waals surface area contributed by atoms with Gasteiger partial charge in [0.25, 0.3) is 0 Å². The third-order valence-corrected chi connectivity index (χ3v) is 18.9. The number of urea groups is 1. The number of fused-ring (bicyclic) bond motifs is 4. The highest BCUT2D eigenvalue weighted by molar-refractivity contribution is 7.80. The minimum absolute atomic E-state index is 0.00238. The zero-order chi connectivity index (χ0) is 83.2. The van der Waals surface area contributed by atoms with Gasteiger partial charge in [0.1, 0.15) is 78.3 Å². The van der Waals surface area contributed by atoms with Gasteiger partial charge in [-0.1, -0.05) is 35.5 Å². The smallest absolute Gasteiger partial charge is 0.326 e. The number of aryl methyl sites for hydroxylation is 2. The average molecular weight is 1620 g/mol. The minimum atomic E-state index is -2.05. The fourth-order valence-electron chi connectivity index (χ4n) is 12.2. The molecular weight excluding hydrogens is 1520 g/mol. The van der Waals surface area contributed by atoms with Crippen molar-refractivity contribution in [2.75, 3.05) is 37.7 Å². The van der Waals surface area contributed by atoms with E-state index >= 15 is 4.79 Å². The van der Waals surface area contributed by atoms with Gasteiger partial charge in [0.05, 0.1) is 24.8 Å². The number of primary amides is 2. The van der Waals surface area contributed by atoms with Crippen LogP contribution < -0.4 is 92.1 Å². The summed E-state index contributed by atoms with van der Waals surface area (Å²) >= 11 is 8.48. The third-order valence-electron chi connectivity index (χ3n) is 18.2. The van der Waals surface area contributed by atoms with E-state index in [1.807, 2.05) is 0 Å². The van der Waals surface area contributed by atoms with Crippen LogP contribution in [-0.2, 0) is 97.7 Å². The number of carboxylic acid groups (broad SMARTS) is 2. The quantitative estimate of drug-likeness (QED) is 0.0114. The van der Waals surface area contributed by atoms with Crippen molar-refractivity contribution in [3.63, 3.8) is 0 Å². The van der Waals surface area contributed by atoms with E-state index in [1.54, 1.807) is 24.3 Å². The van der Waals surface area contributed by atoms with Crippen molar-refractivity contribution in [1.29, 1.82) is 5.41 Å². The number of aliphatic hydroxyl groups is 1. The maximum atomic E-state index is 15.1. The molecule has 45 heteroatoms. The number of para-hydroxylation sites is 1. The molecule has 113 heavy (non-hydrogen) atoms. The normalized spacial score (nSPS) is 22.5. The molecule has 2 aliphatic heterocycles. The fourth-order valence-corrected chi connectivity index (χ4v) is 12.7. The van der Waals surface area contributed by atoms with Crippen LogP contribution >= 0.6 is 25.3 Å². The number of rotatable bonds is 27. The molecule has 6 rings (SSSR count). The number of carboxylic acids is 2. The molecule has 1 saturated heterocycles. The van der Waals surface area contributed by atoms with Crippen LogP contribution in [-0.4, -0.2) is 262 Å². The molecule has 2 aromatic heterocycles. The number of hydrogen-bond donors (Lipinski definition) is 25. The Hall–Kier alpha value is -11.9. The molecule has 2 unspecified atom stereocenters. The number of nitrogens with one attached hydrogen (secondary N) is 15. The molecule has 27 N–H and O–H groups in total. The molecule has 616 valence electrons. The highest BCUT2D eigenvalue weighted by atomic mass is 32.1. The van der Waals surface area contributed by atoms with Gasteiger partial charge in [-0.15, -0.1) is 5.10 Å². The predicted octanol–water partition coefficient (Wildman–Crippen LogP) is -7.65. The first kappa shape index (κ1) is 90.0. The summed E-state index contributed by atoms with van der Waals surface area (Å²) in [6.45, 7) is -0.310. The molecule has 43 nitrogen and oxygen atoms in total. The first-order valence-corrected chi connectivity index (χ1v) is 37.2. The number of amides is 15. The summed E-state index contributed by atoms with van der Waals surface area (Å²) in [5.74, 6) is -18.7. The second-order valence-electron chi connectivity index (χ2n) is 26.7. The minimum Gasteiger partial charge on any atom is -0.508 e. The first-order valence-electron chi connectivity index (χ1n) is 36.0. The van der Waals surface area contributed by atoms with Gasteiger partial charge in [0.15, 0.2) is 5.96 Å². The van der Waals surface area contributed by atoms with E-state index in [2.05, 4.69) is 110 Å². The van der Waals surface area contributed by atoms with Gasteiger partial charge in [-0.25, -0.2) is 9.59 Å². The van der Waals surface area contributed by atoms with Crippen molar-refractivity contribution in [1.82, 2.24) is 94.0 Å². The summed E-state index contributed by atoms with van der Waals surface area (Å²) in [5.41, 5.74) is 23.3. The number of phenols is 1. The Kier molecular flexibility index (Phi) is 35.2. The van der Waals surface area contributed by atoms with Gasteiger partial charge in [0, 0.05) is 80.2 Å². The second-order valence-corrected chi connectivity index (χ2v) is 27.5. The number of carbonyl (C=O) groups is 16. The molecule has 4 aromatic rings. The summed E-state index contributed by atoms with van der Waals surface area (Å²) < 4.78 is 1.15. The second kappa shape index (κ2) is 44.2. The molecule has 4 heterocycles. The number of carbonyl (C=O) groups excluding carboxylic acids is 14. The van der Waals surface area contributed by atoms with Gasteiger partial charge in [-0.3, -0.25) is 77.2 Å². The Bertz CT molecular complexity index is 4090. The summed E-state index contributed by atoms with van der Waals surface area (Å²) in [7, 11) is 0. The lowest BCUT2D eigenvalue weighted by Crippen LogP contribution is -2.62. The van der Waals surface area contributed by atoms with Crippen molar-refractivity contribution in [3.8, 4) is 5.75 Å². The van der Waals surface area contributed by atoms with E-state index < -0.39 is 224 Å². The van der Waals surface area contributed by atoms with Crippen molar-refractivity contribution in [3.05, 3.63) is 77.7 Å². The van der Waals surface area contributed by atoms with E-state index in [0.29, 0.717) is 22.0 Å². The lowest BCUT2D eigenvalue weighted by Gasteiger charge is -2.31. The number of aliphatic hydroxyl groups excluding tert-OH is 1. The summed E-state index contributed by atoms with van der Waals surface area (Å²) in [6, 6.07) is -9.42. The Morgan fingerprint density at radius 2 is 1.28 bits per heavy atom. The molecule has 0 saturated carbocycles. The van der Waals surface area contributed by atoms with Crippen molar-refractivity contribution < 1.29 is 97.1 Å². The Balaban J connectivity index is 1.47. The molecule has 15 amide bonds. The molecule has 2 aromatic carbocycles. The molecule has 1 fully saturated rings. The van der Waals surface area contributed by atoms with E-state index in [4.69, 9.17) is 28.3 Å². The van der Waals surface area contributed by atoms with Crippen LogP contribution in [0.3, 0.4) is 0 Å². The maximum absolute atomic E-state index is 15.1. The lowest BCUT2D eigenvalue weighted by atomic mass is 10.0. The number of aromatic amines is 1. The molecule has 2 aliphatic rings. The number of nitrogens with zero attached hydrogens (tertiary/aromatic N) is 4. The SMILES string of the molecule is C[C@@H](O)[C@@H]1NC(=O)[C@@H](NC(=O)[C@H](CS)NC(=O)CN)CCn2cc(nn2)CCC(C(=O)N[C@@H](Cc2ccc(O)cc2)C(=O)O)NC(=O)[C@H](CCC(N)=O)NC(=O)[C@H](Cc2c[nH]c3ccccc23)NC(=O)[C@H](CCCNC(N)=O)NC(=O)[C@H](CS)NC(=O)[C@H](CCCNC(=N)N)NC(=O)C2CCCN2C(=O)[C@H](CC(=O)O)NC1=O. The zero-order valence-corrected chi connectivity index (χ0v) is 63.2. The first-order chi connectivity index (χ1) is 53.7. The number of H-pyrrole nitrogens is 1. The lowest BCUT2D eigenvalue weighted by molar-refractivity contribution is -0.146. The number of guanidine groups is 1. The number of aliphatic carboxylic acids is 2. The van der Waals surface area contributed by atoms with Crippen LogP contribution in [0.4, 0.5) is 4.79 Å². The van der Waals surface area contributed by atoms with Gasteiger partial charge >= 0.3 is 18.0 Å². The van der Waals surface area contributed by atoms with Crippen molar-refractivity contribution in [2.45, 2.75) is 182 Å². The molecule has 0 spiro atoms. The van der Waals surface area contributed by atoms with E-state index in [0.717, 1.165) is 16.5 Å². The molecule has 2 bridgehead atoms. The van der Waals surface area contributed by atoms with E-state index in [9.17, 15) is 92.3 Å². The standard InChI is InChI=1S/C68H97N23O20S2/c1-33(92)54-64(107)84-46(27-53(96)97)65(108)91-23-6-11-50(91)63(106)82-41(9-4-21-74-67(71)72)56(99)86-49(32-113)62(105)78-40(10-5-22-75-68(73)111)55(98)83-45(26-35-29-76-39-8-3-2-7-38(35)39)60(103)80-43(18-19-51(70)94)57(100)79-42(58(101)85-47(66(109)110)25-34-12-15-37(93)16-13-34)17-14-36-30-90(89-88-36)24-20-44(59(102)87-54)81-61(104)48(31-112)77-52(95)28-69/h2-3,7-8,12-13,15-16,29-30,33,40-50,54,76,92-93,112-113H,4-6,9-11,14,17-28,31-32,69H2,1H3,(H2,70,94)(H,77,95)(H,78,105)(H,79,100)(H,80,103)(H,81,104)(H,82,106)(H,83,98)(H,84,107)(H,85,101)(H,86,99)(H,87,102)(H,96,97)(H,109,110)(H4,71,72,74)(H3,73,75,111)/t33-,40+,41+,42?,43+,44+,45+,46+,47+,48+,49+,50?,54+/m1/s1.